The Labute approximate surface area is 201 Å². The van der Waals surface area contributed by atoms with E-state index in [4.69, 9.17) is 0 Å². The maximum absolute atomic E-state index is 13.9. The van der Waals surface area contributed by atoms with Gasteiger partial charge >= 0.3 is 6.18 Å². The number of rotatable bonds is 4. The van der Waals surface area contributed by atoms with Crippen LogP contribution >= 0.6 is 0 Å². The summed E-state index contributed by atoms with van der Waals surface area (Å²) in [6.45, 7) is 2.55. The Morgan fingerprint density at radius 1 is 1.06 bits per heavy atom. The van der Waals surface area contributed by atoms with E-state index in [1.54, 1.807) is 23.1 Å². The van der Waals surface area contributed by atoms with Crippen molar-refractivity contribution in [3.63, 3.8) is 0 Å². The second-order valence-corrected chi connectivity index (χ2v) is 8.93. The molecule has 0 aromatic heterocycles. The number of piperidine rings is 1. The van der Waals surface area contributed by atoms with Crippen LogP contribution in [0, 0.1) is 6.92 Å². The number of nitrogens with zero attached hydrogens (tertiary/aromatic N) is 2. The molecule has 0 radical (unpaired) electrons. The molecule has 2 aromatic rings. The van der Waals surface area contributed by atoms with Gasteiger partial charge in [0.25, 0.3) is 5.91 Å². The van der Waals surface area contributed by atoms with Gasteiger partial charge in [-0.15, -0.1) is 0 Å². The molecule has 2 aromatic carbocycles. The molecule has 10 heteroatoms. The molecule has 35 heavy (non-hydrogen) atoms. The first kappa shape index (κ1) is 24.7. The third kappa shape index (κ3) is 5.64. The minimum atomic E-state index is -4.77. The maximum Gasteiger partial charge on any atom is 0.409 e. The van der Waals surface area contributed by atoms with Crippen molar-refractivity contribution >= 4 is 29.1 Å². The molecule has 0 saturated carbocycles. The summed E-state index contributed by atoms with van der Waals surface area (Å²) in [5.74, 6) is -1.68. The van der Waals surface area contributed by atoms with Crippen molar-refractivity contribution in [2.75, 3.05) is 29.9 Å². The van der Waals surface area contributed by atoms with E-state index in [9.17, 15) is 27.6 Å². The van der Waals surface area contributed by atoms with Crippen LogP contribution in [0.2, 0.25) is 0 Å². The van der Waals surface area contributed by atoms with Crippen LogP contribution in [0.1, 0.15) is 35.2 Å². The predicted molar refractivity (Wildman–Crippen MR) is 125 cm³/mol. The van der Waals surface area contributed by atoms with Crippen LogP contribution in [0.25, 0.3) is 0 Å². The van der Waals surface area contributed by atoms with Gasteiger partial charge < -0.3 is 10.6 Å². The molecule has 7 nitrogen and oxygen atoms in total. The smallest absolute Gasteiger partial charge is 0.349 e. The van der Waals surface area contributed by atoms with Gasteiger partial charge in [-0.2, -0.15) is 13.2 Å². The highest BCUT2D eigenvalue weighted by molar-refractivity contribution is 6.05. The number of para-hydroxylation sites is 2. The summed E-state index contributed by atoms with van der Waals surface area (Å²) in [7, 11) is 0. The van der Waals surface area contributed by atoms with Crippen molar-refractivity contribution in [2.24, 2.45) is 0 Å². The van der Waals surface area contributed by atoms with Gasteiger partial charge in [-0.1, -0.05) is 30.3 Å². The Balaban J connectivity index is 1.42. The first-order valence-electron chi connectivity index (χ1n) is 11.5. The fraction of sp³-hybridized carbons (Fsp3) is 0.400. The zero-order valence-corrected chi connectivity index (χ0v) is 19.3. The molecule has 1 unspecified atom stereocenters. The molecule has 186 valence electrons. The monoisotopic (exact) mass is 488 g/mol. The molecule has 1 atom stereocenters. The zero-order chi connectivity index (χ0) is 25.2. The van der Waals surface area contributed by atoms with E-state index in [1.165, 1.54) is 18.2 Å². The fourth-order valence-electron chi connectivity index (χ4n) is 4.59. The minimum absolute atomic E-state index is 0.0334. The number of amides is 3. The number of carbonyl (C=O) groups excluding carboxylic acids is 3. The summed E-state index contributed by atoms with van der Waals surface area (Å²) in [4.78, 5) is 40.4. The number of hydrogen-bond donors (Lipinski definition) is 2. The highest BCUT2D eigenvalue weighted by Crippen LogP contribution is 2.37. The Kier molecular flexibility index (Phi) is 7.11. The molecule has 2 heterocycles. The number of hydrogen-bond acceptors (Lipinski definition) is 4. The highest BCUT2D eigenvalue weighted by Gasteiger charge is 2.49. The van der Waals surface area contributed by atoms with Crippen molar-refractivity contribution in [3.8, 4) is 0 Å². The number of halogens is 3. The zero-order valence-electron chi connectivity index (χ0n) is 19.3. The molecule has 1 fully saturated rings. The largest absolute Gasteiger partial charge is 0.409 e. The van der Waals surface area contributed by atoms with Crippen molar-refractivity contribution in [1.82, 2.24) is 10.2 Å². The number of anilines is 2. The van der Waals surface area contributed by atoms with E-state index in [0.717, 1.165) is 5.56 Å². The normalized spacial score (nSPS) is 19.5. The molecule has 1 saturated heterocycles. The maximum atomic E-state index is 13.9. The van der Waals surface area contributed by atoms with Crippen molar-refractivity contribution < 1.29 is 27.6 Å². The molecule has 2 aliphatic rings. The van der Waals surface area contributed by atoms with Gasteiger partial charge in [-0.25, -0.2) is 0 Å². The number of alkyl halides is 3. The number of likely N-dealkylation sites (tertiary alicyclic amines) is 1. The first-order chi connectivity index (χ1) is 16.6. The lowest BCUT2D eigenvalue weighted by Crippen LogP contribution is -2.54. The summed E-state index contributed by atoms with van der Waals surface area (Å²) >= 11 is 0. The fourth-order valence-corrected chi connectivity index (χ4v) is 4.59. The van der Waals surface area contributed by atoms with Crippen LogP contribution in [-0.4, -0.2) is 60.5 Å². The summed E-state index contributed by atoms with van der Waals surface area (Å²) in [5, 5.41) is 5.48. The molecule has 0 bridgehead atoms. The van der Waals surface area contributed by atoms with Gasteiger partial charge in [0.2, 0.25) is 11.8 Å². The SMILES string of the molecule is Cc1ccccc1C(=O)NC1CCN(CC(=O)N2c3ccccc3NC(=O)CC2C(F)(F)F)CC1. The second kappa shape index (κ2) is 10.1. The molecule has 2 N–H and O–H groups in total. The lowest BCUT2D eigenvalue weighted by atomic mass is 10.0. The number of fused-ring (bicyclic) bond motifs is 1. The van der Waals surface area contributed by atoms with Crippen LogP contribution in [0.3, 0.4) is 0 Å². The van der Waals surface area contributed by atoms with Crippen molar-refractivity contribution in [3.05, 3.63) is 59.7 Å². The van der Waals surface area contributed by atoms with Gasteiger partial charge in [-0.05, 0) is 43.5 Å². The van der Waals surface area contributed by atoms with Crippen molar-refractivity contribution in [2.45, 2.75) is 44.4 Å². The van der Waals surface area contributed by atoms with E-state index in [0.29, 0.717) is 36.4 Å². The molecule has 3 amide bonds. The van der Waals surface area contributed by atoms with E-state index < -0.39 is 30.5 Å². The number of benzene rings is 2. The van der Waals surface area contributed by atoms with Gasteiger partial charge in [-0.3, -0.25) is 24.2 Å². The third-order valence-electron chi connectivity index (χ3n) is 6.45. The van der Waals surface area contributed by atoms with Gasteiger partial charge in [0.15, 0.2) is 0 Å². The molecule has 0 spiro atoms. The van der Waals surface area contributed by atoms with Crippen LogP contribution < -0.4 is 15.5 Å². The molecular weight excluding hydrogens is 461 g/mol. The van der Waals surface area contributed by atoms with Crippen LogP contribution in [0.5, 0.6) is 0 Å². The van der Waals surface area contributed by atoms with Crippen LogP contribution in [-0.2, 0) is 9.59 Å². The number of carbonyl (C=O) groups is 3. The lowest BCUT2D eigenvalue weighted by molar-refractivity contribution is -0.158. The Hall–Kier alpha value is -3.40. The van der Waals surface area contributed by atoms with Gasteiger partial charge in [0.05, 0.1) is 24.3 Å². The summed E-state index contributed by atoms with van der Waals surface area (Å²) in [6.07, 6.45) is -4.48. The topological polar surface area (TPSA) is 81.8 Å². The Bertz CT molecular complexity index is 1110. The quantitative estimate of drug-likeness (QED) is 0.691. The average molecular weight is 489 g/mol. The minimum Gasteiger partial charge on any atom is -0.349 e. The van der Waals surface area contributed by atoms with Gasteiger partial charge in [0.1, 0.15) is 6.04 Å². The first-order valence-corrected chi connectivity index (χ1v) is 11.5. The van der Waals surface area contributed by atoms with E-state index in [-0.39, 0.29) is 29.9 Å². The number of aryl methyl sites for hydroxylation is 1. The van der Waals surface area contributed by atoms with E-state index >= 15 is 0 Å². The standard InChI is InChI=1S/C25H27F3N4O3/c1-16-6-2-3-7-18(16)24(35)29-17-10-12-31(13-11-17)15-23(34)32-20-9-5-4-8-19(20)30-22(33)14-21(32)25(26,27)28/h2-9,17,21H,10-15H2,1H3,(H,29,35)(H,30,33). The second-order valence-electron chi connectivity index (χ2n) is 8.93. The van der Waals surface area contributed by atoms with E-state index in [1.807, 2.05) is 19.1 Å². The van der Waals surface area contributed by atoms with Crippen molar-refractivity contribution in [1.29, 1.82) is 0 Å². The predicted octanol–water partition coefficient (Wildman–Crippen LogP) is 3.50. The average Bonchev–Trinajstić information content (AvgIpc) is 2.96. The van der Waals surface area contributed by atoms with Gasteiger partial charge in [0, 0.05) is 24.7 Å². The summed E-state index contributed by atoms with van der Waals surface area (Å²) in [5.41, 5.74) is 1.69. The summed E-state index contributed by atoms with van der Waals surface area (Å²) < 4.78 is 41.7. The molecule has 4 rings (SSSR count). The number of nitrogens with one attached hydrogen (secondary N) is 2. The Morgan fingerprint density at radius 3 is 2.40 bits per heavy atom. The Morgan fingerprint density at radius 2 is 1.71 bits per heavy atom. The van der Waals surface area contributed by atoms with Crippen LogP contribution in [0.15, 0.2) is 48.5 Å². The highest BCUT2D eigenvalue weighted by atomic mass is 19.4. The lowest BCUT2D eigenvalue weighted by Gasteiger charge is -2.36. The van der Waals surface area contributed by atoms with Crippen LogP contribution in [0.4, 0.5) is 24.5 Å². The third-order valence-corrected chi connectivity index (χ3v) is 6.45. The molecular formula is C25H27F3N4O3. The van der Waals surface area contributed by atoms with E-state index in [2.05, 4.69) is 10.6 Å². The molecule has 2 aliphatic heterocycles. The molecule has 0 aliphatic carbocycles. The summed E-state index contributed by atoms with van der Waals surface area (Å²) in [6, 6.07) is 11.0.